The van der Waals surface area contributed by atoms with Crippen LogP contribution < -0.4 is 0 Å². The Balaban J connectivity index is 1.89. The molecule has 1 aromatic heterocycles. The maximum atomic E-state index is 10.0. The van der Waals surface area contributed by atoms with Crippen LogP contribution in [-0.4, -0.2) is 31.4 Å². The summed E-state index contributed by atoms with van der Waals surface area (Å²) in [5.41, 5.74) is 0.916. The lowest BCUT2D eigenvalue weighted by Crippen LogP contribution is -2.29. The Morgan fingerprint density at radius 2 is 2.00 bits per heavy atom. The number of benzene rings is 1. The topological polar surface area (TPSA) is 63.8 Å². The highest BCUT2D eigenvalue weighted by Gasteiger charge is 2.27. The molecule has 1 N–H and O–H groups in total. The Bertz CT molecular complexity index is 571. The van der Waals surface area contributed by atoms with E-state index in [0.717, 1.165) is 35.7 Å². The first-order valence-electron chi connectivity index (χ1n) is 6.48. The standard InChI is InChI=1S/C13H15BrN4O/c14-10-6-2-1-5-9(10)13-15-17-18(16-13)11-7-3-4-8-12(11)19/h1-2,5-6,11-12,19H,3-4,7-8H2. The second kappa shape index (κ2) is 5.38. The summed E-state index contributed by atoms with van der Waals surface area (Å²) in [6, 6.07) is 7.74. The van der Waals surface area contributed by atoms with Crippen molar-refractivity contribution in [3.63, 3.8) is 0 Å². The van der Waals surface area contributed by atoms with Crippen LogP contribution in [0, 0.1) is 0 Å². The fourth-order valence-electron chi connectivity index (χ4n) is 2.48. The third-order valence-corrected chi connectivity index (χ3v) is 4.23. The molecule has 0 spiro atoms. The highest BCUT2D eigenvalue weighted by atomic mass is 79.9. The van der Waals surface area contributed by atoms with Gasteiger partial charge >= 0.3 is 0 Å². The van der Waals surface area contributed by atoms with Crippen molar-refractivity contribution < 1.29 is 5.11 Å². The summed E-state index contributed by atoms with van der Waals surface area (Å²) in [4.78, 5) is 1.57. The van der Waals surface area contributed by atoms with Gasteiger partial charge in [0.25, 0.3) is 0 Å². The molecule has 2 unspecified atom stereocenters. The van der Waals surface area contributed by atoms with E-state index in [1.54, 1.807) is 4.80 Å². The highest BCUT2D eigenvalue weighted by Crippen LogP contribution is 2.29. The third-order valence-electron chi connectivity index (χ3n) is 3.53. The smallest absolute Gasteiger partial charge is 0.206 e. The van der Waals surface area contributed by atoms with Gasteiger partial charge in [0.05, 0.1) is 12.1 Å². The van der Waals surface area contributed by atoms with Crippen molar-refractivity contribution in [3.8, 4) is 11.4 Å². The minimum absolute atomic E-state index is 0.0440. The van der Waals surface area contributed by atoms with Crippen LogP contribution >= 0.6 is 15.9 Å². The molecule has 100 valence electrons. The number of aliphatic hydroxyl groups excluding tert-OH is 1. The lowest BCUT2D eigenvalue weighted by atomic mass is 9.93. The lowest BCUT2D eigenvalue weighted by Gasteiger charge is -2.25. The molecule has 1 heterocycles. The first-order valence-corrected chi connectivity index (χ1v) is 7.27. The summed E-state index contributed by atoms with van der Waals surface area (Å²) in [6.45, 7) is 0. The Kier molecular flexibility index (Phi) is 3.61. The second-order valence-electron chi connectivity index (χ2n) is 4.83. The van der Waals surface area contributed by atoms with Crippen molar-refractivity contribution in [1.29, 1.82) is 0 Å². The van der Waals surface area contributed by atoms with Crippen LogP contribution in [-0.2, 0) is 0 Å². The van der Waals surface area contributed by atoms with Gasteiger partial charge in [-0.25, -0.2) is 0 Å². The summed E-state index contributed by atoms with van der Waals surface area (Å²) in [5.74, 6) is 0.588. The van der Waals surface area contributed by atoms with Gasteiger partial charge in [-0.1, -0.05) is 40.9 Å². The molecule has 0 radical (unpaired) electrons. The summed E-state index contributed by atoms with van der Waals surface area (Å²) < 4.78 is 0.943. The molecule has 3 rings (SSSR count). The van der Waals surface area contributed by atoms with Crippen LogP contribution in [0.1, 0.15) is 31.7 Å². The fraction of sp³-hybridized carbons (Fsp3) is 0.462. The van der Waals surface area contributed by atoms with Crippen molar-refractivity contribution in [2.45, 2.75) is 37.8 Å². The first-order chi connectivity index (χ1) is 9.25. The minimum Gasteiger partial charge on any atom is -0.391 e. The molecule has 0 bridgehead atoms. The molecule has 1 fully saturated rings. The number of aromatic nitrogens is 4. The number of tetrazole rings is 1. The van der Waals surface area contributed by atoms with Crippen molar-refractivity contribution in [3.05, 3.63) is 28.7 Å². The zero-order valence-corrected chi connectivity index (χ0v) is 12.0. The van der Waals surface area contributed by atoms with Crippen LogP contribution in [0.15, 0.2) is 28.7 Å². The van der Waals surface area contributed by atoms with E-state index in [1.165, 1.54) is 0 Å². The fourth-order valence-corrected chi connectivity index (χ4v) is 2.94. The maximum absolute atomic E-state index is 10.0. The van der Waals surface area contributed by atoms with Gasteiger partial charge in [-0.2, -0.15) is 4.80 Å². The zero-order valence-electron chi connectivity index (χ0n) is 10.4. The first kappa shape index (κ1) is 12.7. The number of aliphatic hydroxyl groups is 1. The lowest BCUT2D eigenvalue weighted by molar-refractivity contribution is 0.0614. The van der Waals surface area contributed by atoms with Crippen LogP contribution in [0.5, 0.6) is 0 Å². The number of hydrogen-bond donors (Lipinski definition) is 1. The van der Waals surface area contributed by atoms with Crippen LogP contribution in [0.3, 0.4) is 0 Å². The molecule has 1 aromatic carbocycles. The van der Waals surface area contributed by atoms with Gasteiger partial charge in [0, 0.05) is 10.0 Å². The van der Waals surface area contributed by atoms with E-state index < -0.39 is 0 Å². The minimum atomic E-state index is -0.366. The van der Waals surface area contributed by atoms with Gasteiger partial charge < -0.3 is 5.11 Å². The predicted octanol–water partition coefficient (Wildman–Crippen LogP) is 2.58. The molecular formula is C13H15BrN4O. The highest BCUT2D eigenvalue weighted by molar-refractivity contribution is 9.10. The molecule has 0 aliphatic heterocycles. The average Bonchev–Trinajstić information content (AvgIpc) is 2.89. The Morgan fingerprint density at radius 3 is 2.79 bits per heavy atom. The van der Waals surface area contributed by atoms with Gasteiger partial charge in [0.15, 0.2) is 0 Å². The van der Waals surface area contributed by atoms with E-state index in [9.17, 15) is 5.11 Å². The molecule has 0 amide bonds. The molecule has 19 heavy (non-hydrogen) atoms. The number of nitrogens with zero attached hydrogens (tertiary/aromatic N) is 4. The number of hydrogen-bond acceptors (Lipinski definition) is 4. The van der Waals surface area contributed by atoms with Crippen LogP contribution in [0.2, 0.25) is 0 Å². The van der Waals surface area contributed by atoms with E-state index in [2.05, 4.69) is 31.3 Å². The Labute approximate surface area is 119 Å². The monoisotopic (exact) mass is 322 g/mol. The molecule has 6 heteroatoms. The largest absolute Gasteiger partial charge is 0.391 e. The average molecular weight is 323 g/mol. The second-order valence-corrected chi connectivity index (χ2v) is 5.69. The third kappa shape index (κ3) is 2.55. The number of rotatable bonds is 2. The van der Waals surface area contributed by atoms with E-state index in [-0.39, 0.29) is 12.1 Å². The van der Waals surface area contributed by atoms with Crippen LogP contribution in [0.4, 0.5) is 0 Å². The molecule has 1 aliphatic rings. The normalized spacial score (nSPS) is 23.5. The molecule has 0 saturated heterocycles. The summed E-state index contributed by atoms with van der Waals surface area (Å²) in [7, 11) is 0. The molecule has 1 aliphatic carbocycles. The molecule has 2 atom stereocenters. The summed E-state index contributed by atoms with van der Waals surface area (Å²) in [6.07, 6.45) is 3.54. The van der Waals surface area contributed by atoms with Gasteiger partial charge in [0.2, 0.25) is 5.82 Å². The Hall–Kier alpha value is -1.27. The molecule has 5 nitrogen and oxygen atoms in total. The predicted molar refractivity (Wildman–Crippen MR) is 74.5 cm³/mol. The van der Waals surface area contributed by atoms with Gasteiger partial charge in [0.1, 0.15) is 0 Å². The van der Waals surface area contributed by atoms with Gasteiger partial charge in [-0.3, -0.25) is 0 Å². The number of halogens is 1. The zero-order chi connectivity index (χ0) is 13.2. The van der Waals surface area contributed by atoms with E-state index in [1.807, 2.05) is 24.3 Å². The van der Waals surface area contributed by atoms with Crippen molar-refractivity contribution in [2.24, 2.45) is 0 Å². The van der Waals surface area contributed by atoms with Crippen molar-refractivity contribution in [2.75, 3.05) is 0 Å². The summed E-state index contributed by atoms with van der Waals surface area (Å²) in [5, 5.41) is 22.6. The van der Waals surface area contributed by atoms with E-state index >= 15 is 0 Å². The van der Waals surface area contributed by atoms with Crippen LogP contribution in [0.25, 0.3) is 11.4 Å². The van der Waals surface area contributed by atoms with Gasteiger partial charge in [-0.15, -0.1) is 10.2 Å². The van der Waals surface area contributed by atoms with Crippen molar-refractivity contribution in [1.82, 2.24) is 20.2 Å². The van der Waals surface area contributed by atoms with Crippen molar-refractivity contribution >= 4 is 15.9 Å². The van der Waals surface area contributed by atoms with Gasteiger partial charge in [-0.05, 0) is 30.2 Å². The van der Waals surface area contributed by atoms with E-state index in [0.29, 0.717) is 5.82 Å². The molecule has 2 aromatic rings. The Morgan fingerprint density at radius 1 is 1.21 bits per heavy atom. The van der Waals surface area contributed by atoms with E-state index in [4.69, 9.17) is 0 Å². The SMILES string of the molecule is OC1CCCCC1n1nnc(-c2ccccc2Br)n1. The quantitative estimate of drug-likeness (QED) is 0.923. The molecule has 1 saturated carbocycles. The summed E-state index contributed by atoms with van der Waals surface area (Å²) >= 11 is 3.48. The maximum Gasteiger partial charge on any atom is 0.206 e. The molecular weight excluding hydrogens is 308 g/mol.